The summed E-state index contributed by atoms with van der Waals surface area (Å²) in [7, 11) is 1.72. The number of hydrogen-bond acceptors (Lipinski definition) is 3. The first-order valence-corrected chi connectivity index (χ1v) is 6.40. The average Bonchev–Trinajstić information content (AvgIpc) is 2.23. The standard InChI is InChI=1S/C13H29NO2/c1-5-8-14-12-13(2,3)7-11-16-10-6-9-15-4/h14H,5-12H2,1-4H3. The zero-order chi connectivity index (χ0) is 12.3. The maximum Gasteiger partial charge on any atom is 0.0487 e. The van der Waals surface area contributed by atoms with Crippen LogP contribution in [-0.4, -0.2) is 40.0 Å². The van der Waals surface area contributed by atoms with E-state index < -0.39 is 0 Å². The molecule has 0 spiro atoms. The molecule has 0 saturated carbocycles. The highest BCUT2D eigenvalue weighted by Gasteiger charge is 2.16. The Hall–Kier alpha value is -0.120. The molecule has 3 heteroatoms. The van der Waals surface area contributed by atoms with E-state index in [1.54, 1.807) is 7.11 Å². The number of methoxy groups -OCH3 is 1. The predicted molar refractivity (Wildman–Crippen MR) is 68.9 cm³/mol. The number of nitrogens with one attached hydrogen (secondary N) is 1. The number of hydrogen-bond donors (Lipinski definition) is 1. The minimum Gasteiger partial charge on any atom is -0.385 e. The highest BCUT2D eigenvalue weighted by atomic mass is 16.5. The van der Waals surface area contributed by atoms with Gasteiger partial charge in [-0.15, -0.1) is 0 Å². The minimum atomic E-state index is 0.330. The highest BCUT2D eigenvalue weighted by Crippen LogP contribution is 2.18. The number of ether oxygens (including phenoxy) is 2. The molecule has 0 rings (SSSR count). The van der Waals surface area contributed by atoms with Crippen molar-refractivity contribution in [2.45, 2.75) is 40.0 Å². The number of rotatable bonds is 11. The average molecular weight is 231 g/mol. The van der Waals surface area contributed by atoms with E-state index >= 15 is 0 Å². The quantitative estimate of drug-likeness (QED) is 0.554. The third-order valence-electron chi connectivity index (χ3n) is 2.59. The van der Waals surface area contributed by atoms with Gasteiger partial charge in [0.15, 0.2) is 0 Å². The van der Waals surface area contributed by atoms with Crippen molar-refractivity contribution in [1.29, 1.82) is 0 Å². The van der Waals surface area contributed by atoms with Gasteiger partial charge in [-0.3, -0.25) is 0 Å². The van der Waals surface area contributed by atoms with Gasteiger partial charge >= 0.3 is 0 Å². The second-order valence-electron chi connectivity index (χ2n) is 5.05. The van der Waals surface area contributed by atoms with Gasteiger partial charge in [-0.2, -0.15) is 0 Å². The summed E-state index contributed by atoms with van der Waals surface area (Å²) >= 11 is 0. The molecule has 0 bridgehead atoms. The van der Waals surface area contributed by atoms with Crippen LogP contribution in [0.15, 0.2) is 0 Å². The molecule has 0 heterocycles. The monoisotopic (exact) mass is 231 g/mol. The van der Waals surface area contributed by atoms with Gasteiger partial charge in [0.1, 0.15) is 0 Å². The van der Waals surface area contributed by atoms with Gasteiger partial charge in [0.25, 0.3) is 0 Å². The zero-order valence-electron chi connectivity index (χ0n) is 11.5. The summed E-state index contributed by atoms with van der Waals surface area (Å²) in [5.41, 5.74) is 0.330. The van der Waals surface area contributed by atoms with Crippen LogP contribution in [0.5, 0.6) is 0 Å². The molecule has 0 amide bonds. The van der Waals surface area contributed by atoms with Crippen LogP contribution in [0.4, 0.5) is 0 Å². The van der Waals surface area contributed by atoms with Crippen molar-refractivity contribution < 1.29 is 9.47 Å². The smallest absolute Gasteiger partial charge is 0.0487 e. The molecule has 0 aliphatic rings. The van der Waals surface area contributed by atoms with Gasteiger partial charge in [0, 0.05) is 33.5 Å². The lowest BCUT2D eigenvalue weighted by molar-refractivity contribution is 0.0829. The summed E-state index contributed by atoms with van der Waals surface area (Å²) in [5, 5.41) is 3.46. The molecule has 0 unspecified atom stereocenters. The summed E-state index contributed by atoms with van der Waals surface area (Å²) < 4.78 is 10.5. The van der Waals surface area contributed by atoms with Crippen molar-refractivity contribution in [2.24, 2.45) is 5.41 Å². The van der Waals surface area contributed by atoms with Gasteiger partial charge in [-0.1, -0.05) is 20.8 Å². The normalized spacial score (nSPS) is 12.0. The summed E-state index contributed by atoms with van der Waals surface area (Å²) in [4.78, 5) is 0. The predicted octanol–water partition coefficient (Wildman–Crippen LogP) is 2.46. The molecule has 0 aromatic heterocycles. The fourth-order valence-corrected chi connectivity index (χ4v) is 1.45. The Bertz CT molecular complexity index is 149. The molecule has 3 nitrogen and oxygen atoms in total. The maximum atomic E-state index is 5.57. The van der Waals surface area contributed by atoms with E-state index in [1.165, 1.54) is 6.42 Å². The van der Waals surface area contributed by atoms with Gasteiger partial charge in [0.2, 0.25) is 0 Å². The van der Waals surface area contributed by atoms with Crippen LogP contribution in [0, 0.1) is 5.41 Å². The van der Waals surface area contributed by atoms with Crippen LogP contribution >= 0.6 is 0 Å². The second kappa shape index (κ2) is 10.1. The van der Waals surface area contributed by atoms with Crippen LogP contribution in [0.2, 0.25) is 0 Å². The molecule has 0 aromatic carbocycles. The summed E-state index contributed by atoms with van der Waals surface area (Å²) in [6.45, 7) is 11.4. The SMILES string of the molecule is CCCNCC(C)(C)CCOCCCOC. The van der Waals surface area contributed by atoms with Crippen molar-refractivity contribution in [1.82, 2.24) is 5.32 Å². The largest absolute Gasteiger partial charge is 0.385 e. The topological polar surface area (TPSA) is 30.5 Å². The lowest BCUT2D eigenvalue weighted by Gasteiger charge is -2.24. The van der Waals surface area contributed by atoms with Crippen LogP contribution < -0.4 is 5.32 Å². The van der Waals surface area contributed by atoms with Crippen LogP contribution in [0.25, 0.3) is 0 Å². The summed E-state index contributed by atoms with van der Waals surface area (Å²) in [5.74, 6) is 0. The van der Waals surface area contributed by atoms with Gasteiger partial charge in [0.05, 0.1) is 0 Å². The van der Waals surface area contributed by atoms with E-state index in [4.69, 9.17) is 9.47 Å². The van der Waals surface area contributed by atoms with Crippen molar-refractivity contribution in [2.75, 3.05) is 40.0 Å². The van der Waals surface area contributed by atoms with E-state index in [9.17, 15) is 0 Å². The van der Waals surface area contributed by atoms with Gasteiger partial charge < -0.3 is 14.8 Å². The van der Waals surface area contributed by atoms with Crippen LogP contribution in [0.3, 0.4) is 0 Å². The van der Waals surface area contributed by atoms with Crippen molar-refractivity contribution in [3.05, 3.63) is 0 Å². The third kappa shape index (κ3) is 10.4. The van der Waals surface area contributed by atoms with E-state index in [2.05, 4.69) is 26.1 Å². The molecule has 0 radical (unpaired) electrons. The molecule has 1 N–H and O–H groups in total. The molecule has 0 aliphatic carbocycles. The van der Waals surface area contributed by atoms with E-state index in [1.807, 2.05) is 0 Å². The second-order valence-corrected chi connectivity index (χ2v) is 5.05. The van der Waals surface area contributed by atoms with E-state index in [0.29, 0.717) is 5.41 Å². The van der Waals surface area contributed by atoms with Gasteiger partial charge in [-0.25, -0.2) is 0 Å². The molecule has 0 atom stereocenters. The van der Waals surface area contributed by atoms with Crippen LogP contribution in [-0.2, 0) is 9.47 Å². The van der Waals surface area contributed by atoms with Crippen LogP contribution in [0.1, 0.15) is 40.0 Å². The van der Waals surface area contributed by atoms with E-state index in [0.717, 1.165) is 45.8 Å². The molecular weight excluding hydrogens is 202 g/mol. The Kier molecular flexibility index (Phi) is 9.99. The minimum absolute atomic E-state index is 0.330. The van der Waals surface area contributed by atoms with Crippen molar-refractivity contribution in [3.8, 4) is 0 Å². The van der Waals surface area contributed by atoms with Gasteiger partial charge in [-0.05, 0) is 31.2 Å². The summed E-state index contributed by atoms with van der Waals surface area (Å²) in [6, 6.07) is 0. The Balaban J connectivity index is 3.35. The lowest BCUT2D eigenvalue weighted by atomic mass is 9.90. The first-order chi connectivity index (χ1) is 7.62. The maximum absolute atomic E-state index is 5.57. The molecule has 0 aromatic rings. The fraction of sp³-hybridized carbons (Fsp3) is 1.00. The Morgan fingerprint density at radius 1 is 1.12 bits per heavy atom. The first-order valence-electron chi connectivity index (χ1n) is 6.40. The molecule has 98 valence electrons. The Morgan fingerprint density at radius 3 is 2.50 bits per heavy atom. The first kappa shape index (κ1) is 15.9. The molecular formula is C13H29NO2. The highest BCUT2D eigenvalue weighted by molar-refractivity contribution is 4.71. The fourth-order valence-electron chi connectivity index (χ4n) is 1.45. The molecule has 0 aliphatic heterocycles. The Morgan fingerprint density at radius 2 is 1.88 bits per heavy atom. The summed E-state index contributed by atoms with van der Waals surface area (Å²) in [6.07, 6.45) is 3.30. The zero-order valence-corrected chi connectivity index (χ0v) is 11.5. The van der Waals surface area contributed by atoms with E-state index in [-0.39, 0.29) is 0 Å². The molecule has 0 fully saturated rings. The lowest BCUT2D eigenvalue weighted by Crippen LogP contribution is -2.31. The molecule has 16 heavy (non-hydrogen) atoms. The molecule has 0 saturated heterocycles. The Labute approximate surface area is 101 Å². The third-order valence-corrected chi connectivity index (χ3v) is 2.59. The van der Waals surface area contributed by atoms with Crippen molar-refractivity contribution >= 4 is 0 Å². The van der Waals surface area contributed by atoms with Crippen molar-refractivity contribution in [3.63, 3.8) is 0 Å².